The summed E-state index contributed by atoms with van der Waals surface area (Å²) >= 11 is 6.00. The van der Waals surface area contributed by atoms with Crippen molar-refractivity contribution in [2.45, 2.75) is 26.3 Å². The van der Waals surface area contributed by atoms with E-state index in [-0.39, 0.29) is 0 Å². The molecule has 5 nitrogen and oxygen atoms in total. The molecule has 3 aromatic rings. The van der Waals surface area contributed by atoms with Crippen LogP contribution in [0.3, 0.4) is 0 Å². The van der Waals surface area contributed by atoms with Gasteiger partial charge in [-0.1, -0.05) is 0 Å². The van der Waals surface area contributed by atoms with Gasteiger partial charge in [0.1, 0.15) is 17.2 Å². The minimum absolute atomic E-state index is 0.347. The van der Waals surface area contributed by atoms with Crippen molar-refractivity contribution in [3.05, 3.63) is 47.4 Å². The molecule has 0 aromatic carbocycles. The smallest absolute Gasteiger partial charge is 0.160 e. The van der Waals surface area contributed by atoms with Crippen LogP contribution in [0, 0.1) is 13.8 Å². The fraction of sp³-hybridized carbons (Fsp3) is 0.286. The number of alkyl halides is 1. The molecule has 3 heterocycles. The lowest BCUT2D eigenvalue weighted by atomic mass is 10.3. The molecule has 0 aliphatic heterocycles. The zero-order valence-electron chi connectivity index (χ0n) is 11.3. The van der Waals surface area contributed by atoms with Crippen LogP contribution in [0.2, 0.25) is 0 Å². The summed E-state index contributed by atoms with van der Waals surface area (Å²) in [5.74, 6) is 1.90. The second kappa shape index (κ2) is 5.17. The van der Waals surface area contributed by atoms with Crippen LogP contribution in [0.5, 0.6) is 0 Å². The number of aromatic nitrogens is 5. The maximum atomic E-state index is 6.00. The average Bonchev–Trinajstić information content (AvgIpc) is 2.76. The molecule has 0 aliphatic rings. The lowest BCUT2D eigenvalue weighted by Gasteiger charge is -2.07. The van der Waals surface area contributed by atoms with E-state index in [0.29, 0.717) is 12.4 Å². The molecule has 0 saturated carbocycles. The molecule has 0 unspecified atom stereocenters. The van der Waals surface area contributed by atoms with Gasteiger partial charge in [-0.25, -0.2) is 19.9 Å². The molecule has 0 aliphatic carbocycles. The Morgan fingerprint density at radius 2 is 1.95 bits per heavy atom. The maximum Gasteiger partial charge on any atom is 0.160 e. The van der Waals surface area contributed by atoms with Crippen molar-refractivity contribution < 1.29 is 0 Å². The predicted molar refractivity (Wildman–Crippen MR) is 77.7 cm³/mol. The lowest BCUT2D eigenvalue weighted by Crippen LogP contribution is -2.07. The van der Waals surface area contributed by atoms with Gasteiger partial charge in [-0.05, 0) is 32.0 Å². The van der Waals surface area contributed by atoms with Gasteiger partial charge in [-0.3, -0.25) is 0 Å². The van der Waals surface area contributed by atoms with E-state index in [2.05, 4.69) is 19.9 Å². The van der Waals surface area contributed by atoms with Gasteiger partial charge >= 0.3 is 0 Å². The number of fused-ring (bicyclic) bond motifs is 1. The van der Waals surface area contributed by atoms with E-state index >= 15 is 0 Å². The molecule has 20 heavy (non-hydrogen) atoms. The molecule has 3 aromatic heterocycles. The van der Waals surface area contributed by atoms with E-state index in [9.17, 15) is 0 Å². The van der Waals surface area contributed by atoms with Crippen molar-refractivity contribution >= 4 is 22.8 Å². The second-order valence-corrected chi connectivity index (χ2v) is 4.91. The van der Waals surface area contributed by atoms with E-state index in [4.69, 9.17) is 11.6 Å². The summed E-state index contributed by atoms with van der Waals surface area (Å²) in [4.78, 5) is 17.6. The van der Waals surface area contributed by atoms with Gasteiger partial charge < -0.3 is 4.57 Å². The molecule has 0 bridgehead atoms. The Morgan fingerprint density at radius 3 is 2.70 bits per heavy atom. The van der Waals surface area contributed by atoms with Crippen LogP contribution < -0.4 is 0 Å². The highest BCUT2D eigenvalue weighted by molar-refractivity contribution is 6.16. The van der Waals surface area contributed by atoms with Crippen LogP contribution in [0.4, 0.5) is 0 Å². The monoisotopic (exact) mass is 287 g/mol. The van der Waals surface area contributed by atoms with Gasteiger partial charge in [0.15, 0.2) is 5.65 Å². The van der Waals surface area contributed by atoms with E-state index in [1.165, 1.54) is 0 Å². The van der Waals surface area contributed by atoms with Crippen molar-refractivity contribution in [2.24, 2.45) is 0 Å². The number of nitrogens with zero attached hydrogens (tertiary/aromatic N) is 5. The lowest BCUT2D eigenvalue weighted by molar-refractivity contribution is 0.741. The van der Waals surface area contributed by atoms with Crippen molar-refractivity contribution in [1.82, 2.24) is 24.5 Å². The maximum absolute atomic E-state index is 6.00. The van der Waals surface area contributed by atoms with Crippen molar-refractivity contribution in [1.29, 1.82) is 0 Å². The molecular formula is C14H14ClN5. The van der Waals surface area contributed by atoms with Gasteiger partial charge in [0.2, 0.25) is 0 Å². The minimum atomic E-state index is 0.347. The molecule has 0 amide bonds. The van der Waals surface area contributed by atoms with Gasteiger partial charge in [0.25, 0.3) is 0 Å². The number of hydrogen-bond donors (Lipinski definition) is 0. The molecule has 0 atom stereocenters. The summed E-state index contributed by atoms with van der Waals surface area (Å²) < 4.78 is 2.01. The third-order valence-corrected chi connectivity index (χ3v) is 3.32. The standard InChI is InChI=1S/C14H14ClN5/c1-9-3-4-12-14(17-9)20(13(7-15)19-12)8-11-5-6-16-10(2)18-11/h3-6H,7-8H2,1-2H3. The Labute approximate surface area is 121 Å². The Morgan fingerprint density at radius 1 is 1.10 bits per heavy atom. The first-order valence-electron chi connectivity index (χ1n) is 6.34. The van der Waals surface area contributed by atoms with Crippen molar-refractivity contribution in [3.63, 3.8) is 0 Å². The first kappa shape index (κ1) is 13.0. The Hall–Kier alpha value is -2.01. The van der Waals surface area contributed by atoms with Crippen LogP contribution in [0.1, 0.15) is 23.0 Å². The molecule has 0 saturated heterocycles. The third kappa shape index (κ3) is 2.36. The molecule has 102 valence electrons. The van der Waals surface area contributed by atoms with Crippen LogP contribution in [-0.2, 0) is 12.4 Å². The Balaban J connectivity index is 2.11. The van der Waals surface area contributed by atoms with Gasteiger partial charge in [0, 0.05) is 11.9 Å². The summed E-state index contributed by atoms with van der Waals surface area (Å²) in [6.45, 7) is 4.44. The number of hydrogen-bond acceptors (Lipinski definition) is 4. The van der Waals surface area contributed by atoms with Crippen molar-refractivity contribution in [2.75, 3.05) is 0 Å². The SMILES string of the molecule is Cc1ccc2nc(CCl)n(Cc3ccnc(C)n3)c2n1. The average molecular weight is 288 g/mol. The number of pyridine rings is 1. The quantitative estimate of drug-likeness (QED) is 0.695. The summed E-state index contributed by atoms with van der Waals surface area (Å²) in [6.07, 6.45) is 1.76. The normalized spacial score (nSPS) is 11.2. The summed E-state index contributed by atoms with van der Waals surface area (Å²) in [5.41, 5.74) is 3.58. The van der Waals surface area contributed by atoms with E-state index in [1.54, 1.807) is 6.20 Å². The summed E-state index contributed by atoms with van der Waals surface area (Å²) in [5, 5.41) is 0. The molecule has 0 radical (unpaired) electrons. The number of aryl methyl sites for hydroxylation is 2. The number of rotatable bonds is 3. The molecule has 3 rings (SSSR count). The van der Waals surface area contributed by atoms with E-state index in [0.717, 1.165) is 34.2 Å². The molecular weight excluding hydrogens is 274 g/mol. The highest BCUT2D eigenvalue weighted by atomic mass is 35.5. The second-order valence-electron chi connectivity index (χ2n) is 4.64. The fourth-order valence-electron chi connectivity index (χ4n) is 2.17. The zero-order chi connectivity index (χ0) is 14.1. The predicted octanol–water partition coefficient (Wildman–Crippen LogP) is 2.63. The third-order valence-electron chi connectivity index (χ3n) is 3.08. The topological polar surface area (TPSA) is 56.5 Å². The zero-order valence-corrected chi connectivity index (χ0v) is 12.1. The van der Waals surface area contributed by atoms with Gasteiger partial charge in [-0.2, -0.15) is 0 Å². The molecule has 0 fully saturated rings. The first-order valence-corrected chi connectivity index (χ1v) is 6.88. The summed E-state index contributed by atoms with van der Waals surface area (Å²) in [6, 6.07) is 5.81. The minimum Gasteiger partial charge on any atom is -0.306 e. The van der Waals surface area contributed by atoms with Crippen LogP contribution in [0.25, 0.3) is 11.2 Å². The van der Waals surface area contributed by atoms with E-state index in [1.807, 2.05) is 36.6 Å². The highest BCUT2D eigenvalue weighted by Crippen LogP contribution is 2.17. The Kier molecular flexibility index (Phi) is 3.36. The van der Waals surface area contributed by atoms with Crippen LogP contribution in [-0.4, -0.2) is 24.5 Å². The largest absolute Gasteiger partial charge is 0.306 e. The Bertz CT molecular complexity index is 765. The fourth-order valence-corrected chi connectivity index (χ4v) is 2.37. The molecule has 6 heteroatoms. The van der Waals surface area contributed by atoms with Crippen molar-refractivity contribution in [3.8, 4) is 0 Å². The van der Waals surface area contributed by atoms with Gasteiger partial charge in [-0.15, -0.1) is 11.6 Å². The molecule has 0 spiro atoms. The van der Waals surface area contributed by atoms with Crippen LogP contribution >= 0.6 is 11.6 Å². The number of imidazole rings is 1. The number of halogens is 1. The first-order chi connectivity index (χ1) is 9.67. The molecule has 0 N–H and O–H groups in total. The van der Waals surface area contributed by atoms with Crippen LogP contribution in [0.15, 0.2) is 24.4 Å². The highest BCUT2D eigenvalue weighted by Gasteiger charge is 2.12. The van der Waals surface area contributed by atoms with E-state index < -0.39 is 0 Å². The summed E-state index contributed by atoms with van der Waals surface area (Å²) in [7, 11) is 0. The van der Waals surface area contributed by atoms with Gasteiger partial charge in [0.05, 0.1) is 18.1 Å².